The Morgan fingerprint density at radius 1 is 1.35 bits per heavy atom. The number of halogens is 2. The predicted octanol–water partition coefficient (Wildman–Crippen LogP) is 4.41. The van der Waals surface area contributed by atoms with Gasteiger partial charge < -0.3 is 5.32 Å². The smallest absolute Gasteiger partial charge is 0.0837 e. The first-order valence-corrected chi connectivity index (χ1v) is 8.05. The molecule has 1 unspecified atom stereocenters. The van der Waals surface area contributed by atoms with E-state index in [9.17, 15) is 0 Å². The van der Waals surface area contributed by atoms with Crippen molar-refractivity contribution in [3.05, 3.63) is 51.2 Å². The van der Waals surface area contributed by atoms with Gasteiger partial charge >= 0.3 is 0 Å². The van der Waals surface area contributed by atoms with Crippen molar-refractivity contribution in [3.63, 3.8) is 0 Å². The zero-order chi connectivity index (χ0) is 14.5. The van der Waals surface area contributed by atoms with Gasteiger partial charge in [-0.3, -0.25) is 4.68 Å². The van der Waals surface area contributed by atoms with E-state index in [1.165, 1.54) is 5.56 Å². The highest BCUT2D eigenvalue weighted by Crippen LogP contribution is 2.32. The number of rotatable bonds is 6. The molecule has 108 valence electrons. The summed E-state index contributed by atoms with van der Waals surface area (Å²) in [4.78, 5) is 0. The second-order valence-electron chi connectivity index (χ2n) is 4.60. The molecule has 5 heteroatoms. The Bertz CT molecular complexity index is 568. The highest BCUT2D eigenvalue weighted by Gasteiger charge is 2.22. The van der Waals surface area contributed by atoms with Crippen LogP contribution in [-0.2, 0) is 6.54 Å². The Morgan fingerprint density at radius 3 is 2.75 bits per heavy atom. The van der Waals surface area contributed by atoms with Gasteiger partial charge in [0.2, 0.25) is 0 Å². The van der Waals surface area contributed by atoms with E-state index in [4.69, 9.17) is 11.6 Å². The van der Waals surface area contributed by atoms with Crippen molar-refractivity contribution >= 4 is 27.5 Å². The third-order valence-corrected chi connectivity index (χ3v) is 4.23. The van der Waals surface area contributed by atoms with Gasteiger partial charge in [-0.1, -0.05) is 52.7 Å². The Labute approximate surface area is 133 Å². The Kier molecular flexibility index (Phi) is 5.64. The maximum absolute atomic E-state index is 6.36. The van der Waals surface area contributed by atoms with Crippen LogP contribution in [0.4, 0.5) is 0 Å². The molecule has 3 nitrogen and oxygen atoms in total. The first-order valence-electron chi connectivity index (χ1n) is 6.88. The Morgan fingerprint density at radius 2 is 2.10 bits per heavy atom. The van der Waals surface area contributed by atoms with Gasteiger partial charge in [0.15, 0.2) is 0 Å². The summed E-state index contributed by atoms with van der Waals surface area (Å²) < 4.78 is 3.03. The molecule has 0 aliphatic heterocycles. The van der Waals surface area contributed by atoms with Crippen molar-refractivity contribution < 1.29 is 0 Å². The molecule has 0 aliphatic rings. The Hall–Kier alpha value is -0.840. The number of nitrogens with zero attached hydrogens (tertiary/aromatic N) is 2. The fourth-order valence-electron chi connectivity index (χ4n) is 2.26. The molecule has 0 fully saturated rings. The molecule has 0 saturated carbocycles. The van der Waals surface area contributed by atoms with Gasteiger partial charge in [-0.2, -0.15) is 5.10 Å². The summed E-state index contributed by atoms with van der Waals surface area (Å²) in [7, 11) is 0. The van der Waals surface area contributed by atoms with Gasteiger partial charge in [-0.15, -0.1) is 0 Å². The van der Waals surface area contributed by atoms with E-state index in [1.807, 2.05) is 16.8 Å². The maximum atomic E-state index is 6.36. The van der Waals surface area contributed by atoms with Gasteiger partial charge in [-0.05, 0) is 31.5 Å². The molecule has 0 bridgehead atoms. The van der Waals surface area contributed by atoms with E-state index in [0.29, 0.717) is 5.02 Å². The molecular weight excluding hydrogens is 338 g/mol. The summed E-state index contributed by atoms with van der Waals surface area (Å²) in [5.74, 6) is 0. The fraction of sp³-hybridized carbons (Fsp3) is 0.400. The SMILES string of the molecule is CCCNC(c1ccccc1Br)c1c(Cl)cnn1CC. The van der Waals surface area contributed by atoms with Gasteiger partial charge in [0.1, 0.15) is 0 Å². The highest BCUT2D eigenvalue weighted by atomic mass is 79.9. The zero-order valence-electron chi connectivity index (χ0n) is 11.7. The molecule has 1 heterocycles. The zero-order valence-corrected chi connectivity index (χ0v) is 14.1. The van der Waals surface area contributed by atoms with Crippen LogP contribution in [0.1, 0.15) is 37.6 Å². The van der Waals surface area contributed by atoms with E-state index < -0.39 is 0 Å². The standard InChI is InChI=1S/C15H19BrClN3/c1-3-9-18-14(11-7-5-6-8-12(11)16)15-13(17)10-19-20(15)4-2/h5-8,10,14,18H,3-4,9H2,1-2H3. The van der Waals surface area contributed by atoms with E-state index >= 15 is 0 Å². The van der Waals surface area contributed by atoms with Crippen LogP contribution in [0.25, 0.3) is 0 Å². The lowest BCUT2D eigenvalue weighted by Gasteiger charge is -2.22. The van der Waals surface area contributed by atoms with Crippen molar-refractivity contribution in [1.29, 1.82) is 0 Å². The predicted molar refractivity (Wildman–Crippen MR) is 87.2 cm³/mol. The summed E-state index contributed by atoms with van der Waals surface area (Å²) >= 11 is 9.99. The number of hydrogen-bond donors (Lipinski definition) is 1. The maximum Gasteiger partial charge on any atom is 0.0837 e. The molecule has 20 heavy (non-hydrogen) atoms. The first kappa shape index (κ1) is 15.5. The quantitative estimate of drug-likeness (QED) is 0.831. The largest absolute Gasteiger partial charge is 0.305 e. The van der Waals surface area contributed by atoms with Gasteiger partial charge in [0.05, 0.1) is 23.0 Å². The second kappa shape index (κ2) is 7.25. The number of benzene rings is 1. The fourth-order valence-corrected chi connectivity index (χ4v) is 3.03. The van der Waals surface area contributed by atoms with Gasteiger partial charge in [0.25, 0.3) is 0 Å². The minimum absolute atomic E-state index is 0.0421. The lowest BCUT2D eigenvalue weighted by molar-refractivity contribution is 0.529. The molecule has 2 aromatic rings. The highest BCUT2D eigenvalue weighted by molar-refractivity contribution is 9.10. The minimum Gasteiger partial charge on any atom is -0.305 e. The molecule has 2 rings (SSSR count). The van der Waals surface area contributed by atoms with Crippen LogP contribution in [0.2, 0.25) is 5.02 Å². The molecule has 0 saturated heterocycles. The molecule has 0 radical (unpaired) electrons. The van der Waals surface area contributed by atoms with Crippen molar-refractivity contribution in [3.8, 4) is 0 Å². The lowest BCUT2D eigenvalue weighted by atomic mass is 10.0. The minimum atomic E-state index is 0.0421. The second-order valence-corrected chi connectivity index (χ2v) is 5.86. The van der Waals surface area contributed by atoms with Crippen LogP contribution >= 0.6 is 27.5 Å². The average molecular weight is 357 g/mol. The average Bonchev–Trinajstić information content (AvgIpc) is 2.82. The number of nitrogens with one attached hydrogen (secondary N) is 1. The third kappa shape index (κ3) is 3.25. The molecule has 1 N–H and O–H groups in total. The van der Waals surface area contributed by atoms with E-state index in [-0.39, 0.29) is 6.04 Å². The molecule has 0 spiro atoms. The van der Waals surface area contributed by atoms with Crippen LogP contribution in [0.15, 0.2) is 34.9 Å². The van der Waals surface area contributed by atoms with Gasteiger partial charge in [0, 0.05) is 11.0 Å². The van der Waals surface area contributed by atoms with Crippen LogP contribution in [0, 0.1) is 0 Å². The number of hydrogen-bond acceptors (Lipinski definition) is 2. The summed E-state index contributed by atoms with van der Waals surface area (Å²) in [5, 5.41) is 8.62. The number of aromatic nitrogens is 2. The van der Waals surface area contributed by atoms with Crippen LogP contribution in [0.5, 0.6) is 0 Å². The summed E-state index contributed by atoms with van der Waals surface area (Å²) in [6, 6.07) is 8.27. The van der Waals surface area contributed by atoms with E-state index in [2.05, 4.69) is 52.3 Å². The van der Waals surface area contributed by atoms with Crippen molar-refractivity contribution in [2.75, 3.05) is 6.54 Å². The molecule has 1 aromatic carbocycles. The van der Waals surface area contributed by atoms with Crippen molar-refractivity contribution in [2.24, 2.45) is 0 Å². The lowest BCUT2D eigenvalue weighted by Crippen LogP contribution is -2.26. The first-order chi connectivity index (χ1) is 9.69. The summed E-state index contributed by atoms with van der Waals surface area (Å²) in [5.41, 5.74) is 2.20. The van der Waals surface area contributed by atoms with Crippen LogP contribution in [0.3, 0.4) is 0 Å². The van der Waals surface area contributed by atoms with E-state index in [1.54, 1.807) is 6.20 Å². The molecule has 0 aliphatic carbocycles. The monoisotopic (exact) mass is 355 g/mol. The summed E-state index contributed by atoms with van der Waals surface area (Å²) in [6.45, 7) is 5.96. The molecule has 1 atom stereocenters. The Balaban J connectivity index is 2.47. The molecule has 1 aromatic heterocycles. The van der Waals surface area contributed by atoms with E-state index in [0.717, 1.165) is 29.7 Å². The topological polar surface area (TPSA) is 29.9 Å². The third-order valence-electron chi connectivity index (χ3n) is 3.22. The summed E-state index contributed by atoms with van der Waals surface area (Å²) in [6.07, 6.45) is 2.79. The number of aryl methyl sites for hydroxylation is 1. The van der Waals surface area contributed by atoms with Crippen molar-refractivity contribution in [2.45, 2.75) is 32.9 Å². The van der Waals surface area contributed by atoms with Gasteiger partial charge in [-0.25, -0.2) is 0 Å². The van der Waals surface area contributed by atoms with Crippen LogP contribution in [-0.4, -0.2) is 16.3 Å². The normalized spacial score (nSPS) is 12.6. The molecular formula is C15H19BrClN3. The molecule has 0 amide bonds. The van der Waals surface area contributed by atoms with Crippen molar-refractivity contribution in [1.82, 2.24) is 15.1 Å². The van der Waals surface area contributed by atoms with Crippen LogP contribution < -0.4 is 5.32 Å².